The van der Waals surface area contributed by atoms with E-state index in [1.54, 1.807) is 31.2 Å². The summed E-state index contributed by atoms with van der Waals surface area (Å²) in [6.07, 6.45) is 0. The number of benzene rings is 1. The first-order valence-electron chi connectivity index (χ1n) is 6.21. The molecule has 104 valence electrons. The lowest BCUT2D eigenvalue weighted by molar-refractivity contribution is 0.0955. The molecule has 0 fully saturated rings. The van der Waals surface area contributed by atoms with Gasteiger partial charge in [-0.25, -0.2) is 9.97 Å². The molecule has 0 saturated carbocycles. The van der Waals surface area contributed by atoms with Crippen LogP contribution in [-0.2, 0) is 0 Å². The highest BCUT2D eigenvalue weighted by Crippen LogP contribution is 2.25. The molecule has 5 nitrogen and oxygen atoms in total. The molecule has 20 heavy (non-hydrogen) atoms. The first kappa shape index (κ1) is 14.3. The fourth-order valence-corrected chi connectivity index (χ4v) is 2.06. The van der Waals surface area contributed by atoms with Crippen molar-refractivity contribution in [2.45, 2.75) is 13.8 Å². The second-order valence-electron chi connectivity index (χ2n) is 4.26. The molecule has 6 heteroatoms. The summed E-state index contributed by atoms with van der Waals surface area (Å²) in [7, 11) is 0. The van der Waals surface area contributed by atoms with Crippen LogP contribution < -0.4 is 11.1 Å². The molecule has 1 heterocycles. The lowest BCUT2D eigenvalue weighted by Gasteiger charge is -2.12. The van der Waals surface area contributed by atoms with Crippen molar-refractivity contribution in [2.24, 2.45) is 0 Å². The van der Waals surface area contributed by atoms with Crippen LogP contribution in [0.25, 0.3) is 11.3 Å². The summed E-state index contributed by atoms with van der Waals surface area (Å²) >= 11 is 5.88. The van der Waals surface area contributed by atoms with Crippen LogP contribution in [0.15, 0.2) is 24.3 Å². The summed E-state index contributed by atoms with van der Waals surface area (Å²) in [6, 6.07) is 7.08. The Morgan fingerprint density at radius 3 is 2.55 bits per heavy atom. The maximum absolute atomic E-state index is 12.2. The van der Waals surface area contributed by atoms with E-state index in [9.17, 15) is 4.79 Å². The highest BCUT2D eigenvalue weighted by atomic mass is 35.5. The molecule has 2 aromatic rings. The summed E-state index contributed by atoms with van der Waals surface area (Å²) in [5.41, 5.74) is 7.96. The predicted molar refractivity (Wildman–Crippen MR) is 79.6 cm³/mol. The van der Waals surface area contributed by atoms with Gasteiger partial charge >= 0.3 is 0 Å². The van der Waals surface area contributed by atoms with E-state index in [0.717, 1.165) is 5.56 Å². The monoisotopic (exact) mass is 290 g/mol. The van der Waals surface area contributed by atoms with E-state index in [-0.39, 0.29) is 11.9 Å². The average Bonchev–Trinajstić information content (AvgIpc) is 2.38. The number of carbonyl (C=O) groups excluding carboxylic acids is 1. The SMILES string of the molecule is CCNC(=O)c1c(C)nc(N)nc1-c1ccc(Cl)cc1. The molecule has 1 amide bonds. The smallest absolute Gasteiger partial charge is 0.255 e. The molecule has 1 aromatic carbocycles. The molecule has 0 unspecified atom stereocenters. The largest absolute Gasteiger partial charge is 0.368 e. The number of aromatic nitrogens is 2. The number of rotatable bonds is 3. The minimum Gasteiger partial charge on any atom is -0.368 e. The third-order valence-electron chi connectivity index (χ3n) is 2.79. The standard InChI is InChI=1S/C14H15ClN4O/c1-3-17-13(20)11-8(2)18-14(16)19-12(11)9-4-6-10(15)7-5-9/h4-7H,3H2,1-2H3,(H,17,20)(H2,16,18,19). The fraction of sp³-hybridized carbons (Fsp3) is 0.214. The van der Waals surface area contributed by atoms with Gasteiger partial charge in [0.05, 0.1) is 17.0 Å². The Hall–Kier alpha value is -2.14. The van der Waals surface area contributed by atoms with Crippen LogP contribution in [0.5, 0.6) is 0 Å². The van der Waals surface area contributed by atoms with Crippen LogP contribution in [0.3, 0.4) is 0 Å². The highest BCUT2D eigenvalue weighted by Gasteiger charge is 2.18. The third kappa shape index (κ3) is 2.88. The Morgan fingerprint density at radius 2 is 1.95 bits per heavy atom. The van der Waals surface area contributed by atoms with Crippen molar-refractivity contribution in [3.05, 3.63) is 40.5 Å². The average molecular weight is 291 g/mol. The van der Waals surface area contributed by atoms with Crippen molar-refractivity contribution < 1.29 is 4.79 Å². The van der Waals surface area contributed by atoms with Crippen molar-refractivity contribution in [3.8, 4) is 11.3 Å². The van der Waals surface area contributed by atoms with E-state index in [4.69, 9.17) is 17.3 Å². The number of nitrogens with two attached hydrogens (primary N) is 1. The van der Waals surface area contributed by atoms with Crippen molar-refractivity contribution in [3.63, 3.8) is 0 Å². The molecule has 3 N–H and O–H groups in total. The van der Waals surface area contributed by atoms with E-state index >= 15 is 0 Å². The van der Waals surface area contributed by atoms with Gasteiger partial charge in [0.1, 0.15) is 0 Å². The molecule has 0 aliphatic heterocycles. The minimum absolute atomic E-state index is 0.139. The number of hydrogen-bond acceptors (Lipinski definition) is 4. The van der Waals surface area contributed by atoms with E-state index in [2.05, 4.69) is 15.3 Å². The molecule has 0 saturated heterocycles. The third-order valence-corrected chi connectivity index (χ3v) is 3.04. The van der Waals surface area contributed by atoms with Crippen LogP contribution in [0, 0.1) is 6.92 Å². The van der Waals surface area contributed by atoms with Crippen molar-refractivity contribution in [1.82, 2.24) is 15.3 Å². The second kappa shape index (κ2) is 5.88. The number of hydrogen-bond donors (Lipinski definition) is 2. The number of carbonyl (C=O) groups is 1. The molecule has 1 aromatic heterocycles. The highest BCUT2D eigenvalue weighted by molar-refractivity contribution is 6.30. The topological polar surface area (TPSA) is 80.9 Å². The van der Waals surface area contributed by atoms with Gasteiger partial charge in [-0.15, -0.1) is 0 Å². The number of aryl methyl sites for hydroxylation is 1. The van der Waals surface area contributed by atoms with Crippen LogP contribution in [0.2, 0.25) is 5.02 Å². The van der Waals surface area contributed by atoms with Gasteiger partial charge in [-0.3, -0.25) is 4.79 Å². The Morgan fingerprint density at radius 1 is 1.30 bits per heavy atom. The number of amides is 1. The van der Waals surface area contributed by atoms with Crippen LogP contribution in [-0.4, -0.2) is 22.4 Å². The summed E-state index contributed by atoms with van der Waals surface area (Å²) in [4.78, 5) is 20.4. The maximum Gasteiger partial charge on any atom is 0.255 e. The lowest BCUT2D eigenvalue weighted by atomic mass is 10.0. The van der Waals surface area contributed by atoms with E-state index in [0.29, 0.717) is 28.5 Å². The predicted octanol–water partition coefficient (Wildman–Crippen LogP) is 2.44. The Kier molecular flexibility index (Phi) is 4.20. The number of nitrogens with one attached hydrogen (secondary N) is 1. The molecule has 0 radical (unpaired) electrons. The van der Waals surface area contributed by atoms with Gasteiger partial charge in [0.2, 0.25) is 5.95 Å². The van der Waals surface area contributed by atoms with Gasteiger partial charge in [0.15, 0.2) is 0 Å². The molecule has 0 bridgehead atoms. The van der Waals surface area contributed by atoms with Gasteiger partial charge in [0.25, 0.3) is 5.91 Å². The van der Waals surface area contributed by atoms with Crippen molar-refractivity contribution >= 4 is 23.5 Å². The van der Waals surface area contributed by atoms with Crippen molar-refractivity contribution in [2.75, 3.05) is 12.3 Å². The Labute approximate surface area is 122 Å². The number of nitrogens with zero attached hydrogens (tertiary/aromatic N) is 2. The van der Waals surface area contributed by atoms with Gasteiger partial charge in [-0.1, -0.05) is 23.7 Å². The van der Waals surface area contributed by atoms with Gasteiger partial charge in [-0.05, 0) is 26.0 Å². The van der Waals surface area contributed by atoms with Crippen LogP contribution >= 0.6 is 11.6 Å². The first-order chi connectivity index (χ1) is 9.52. The van der Waals surface area contributed by atoms with Crippen molar-refractivity contribution in [1.29, 1.82) is 0 Å². The fourth-order valence-electron chi connectivity index (χ4n) is 1.93. The van der Waals surface area contributed by atoms with Crippen LogP contribution in [0.1, 0.15) is 23.0 Å². The summed E-state index contributed by atoms with van der Waals surface area (Å²) in [5, 5.41) is 3.38. The lowest BCUT2D eigenvalue weighted by Crippen LogP contribution is -2.25. The summed E-state index contributed by atoms with van der Waals surface area (Å²) in [6.45, 7) is 4.12. The Balaban J connectivity index is 2.61. The van der Waals surface area contributed by atoms with Gasteiger partial charge < -0.3 is 11.1 Å². The molecular weight excluding hydrogens is 276 g/mol. The summed E-state index contributed by atoms with van der Waals surface area (Å²) < 4.78 is 0. The number of nitrogen functional groups attached to an aromatic ring is 1. The summed E-state index contributed by atoms with van der Waals surface area (Å²) in [5.74, 6) is -0.0737. The molecule has 0 spiro atoms. The first-order valence-corrected chi connectivity index (χ1v) is 6.59. The number of halogens is 1. The molecule has 0 atom stereocenters. The molecule has 2 rings (SSSR count). The maximum atomic E-state index is 12.2. The normalized spacial score (nSPS) is 10.3. The molecule has 0 aliphatic rings. The van der Waals surface area contributed by atoms with E-state index in [1.807, 2.05) is 6.92 Å². The van der Waals surface area contributed by atoms with Gasteiger partial charge in [0, 0.05) is 17.1 Å². The minimum atomic E-state index is -0.213. The zero-order chi connectivity index (χ0) is 14.7. The second-order valence-corrected chi connectivity index (χ2v) is 4.69. The number of anilines is 1. The quantitative estimate of drug-likeness (QED) is 0.910. The van der Waals surface area contributed by atoms with E-state index < -0.39 is 0 Å². The van der Waals surface area contributed by atoms with Crippen LogP contribution in [0.4, 0.5) is 5.95 Å². The molecular formula is C14H15ClN4O. The zero-order valence-electron chi connectivity index (χ0n) is 11.3. The van der Waals surface area contributed by atoms with Gasteiger partial charge in [-0.2, -0.15) is 0 Å². The van der Waals surface area contributed by atoms with E-state index in [1.165, 1.54) is 0 Å². The Bertz CT molecular complexity index is 640. The molecule has 0 aliphatic carbocycles. The zero-order valence-corrected chi connectivity index (χ0v) is 12.0.